The highest BCUT2D eigenvalue weighted by molar-refractivity contribution is 5.94. The maximum Gasteiger partial charge on any atom is 0.271 e. The van der Waals surface area contributed by atoms with E-state index in [4.69, 9.17) is 0 Å². The molecule has 1 aliphatic heterocycles. The smallest absolute Gasteiger partial charge is 0.271 e. The van der Waals surface area contributed by atoms with Gasteiger partial charge >= 0.3 is 0 Å². The molecule has 2 amide bonds. The predicted molar refractivity (Wildman–Crippen MR) is 108 cm³/mol. The number of pyridine rings is 1. The highest BCUT2D eigenvalue weighted by Gasteiger charge is 2.31. The molecule has 1 saturated heterocycles. The third-order valence-corrected chi connectivity index (χ3v) is 5.98. The molecule has 0 unspecified atom stereocenters. The molecule has 154 valence electrons. The Bertz CT molecular complexity index is 957. The van der Waals surface area contributed by atoms with E-state index < -0.39 is 0 Å². The second-order valence-corrected chi connectivity index (χ2v) is 8.04. The van der Waals surface area contributed by atoms with E-state index >= 15 is 0 Å². The van der Waals surface area contributed by atoms with E-state index in [1.165, 1.54) is 10.6 Å². The number of H-pyrrole nitrogens is 1. The lowest BCUT2D eigenvalue weighted by atomic mass is 9.98. The van der Waals surface area contributed by atoms with Gasteiger partial charge in [-0.25, -0.2) is 0 Å². The fourth-order valence-corrected chi connectivity index (χ4v) is 4.34. The molecule has 0 bridgehead atoms. The van der Waals surface area contributed by atoms with Crippen molar-refractivity contribution in [2.24, 2.45) is 7.05 Å². The van der Waals surface area contributed by atoms with Gasteiger partial charge < -0.3 is 14.8 Å². The number of rotatable bonds is 4. The van der Waals surface area contributed by atoms with Crippen LogP contribution in [0.4, 0.5) is 0 Å². The Labute approximate surface area is 169 Å². The lowest BCUT2D eigenvalue weighted by molar-refractivity contribution is 0.0605. The van der Waals surface area contributed by atoms with Gasteiger partial charge in [-0.05, 0) is 44.2 Å². The number of likely N-dealkylation sites (tertiary alicyclic amines) is 1. The van der Waals surface area contributed by atoms with Gasteiger partial charge in [-0.1, -0.05) is 12.8 Å². The largest absolute Gasteiger partial charge is 0.348 e. The summed E-state index contributed by atoms with van der Waals surface area (Å²) in [4.78, 5) is 39.1. The van der Waals surface area contributed by atoms with Crippen molar-refractivity contribution >= 4 is 11.8 Å². The predicted octanol–water partition coefficient (Wildman–Crippen LogP) is 2.15. The van der Waals surface area contributed by atoms with Crippen LogP contribution in [0.3, 0.4) is 0 Å². The molecule has 1 atom stereocenters. The van der Waals surface area contributed by atoms with Crippen molar-refractivity contribution in [3.05, 3.63) is 51.7 Å². The van der Waals surface area contributed by atoms with E-state index in [9.17, 15) is 14.4 Å². The average Bonchev–Trinajstić information content (AvgIpc) is 3.41. The Balaban J connectivity index is 1.52. The minimum Gasteiger partial charge on any atom is -0.348 e. The Hall–Kier alpha value is -2.90. The molecule has 4 rings (SSSR count). The van der Waals surface area contributed by atoms with E-state index in [-0.39, 0.29) is 29.5 Å². The van der Waals surface area contributed by atoms with E-state index in [1.807, 2.05) is 4.90 Å². The minimum atomic E-state index is -0.161. The quantitative estimate of drug-likeness (QED) is 0.826. The number of carbonyl (C=O) groups is 2. The first-order valence-electron chi connectivity index (χ1n) is 10.4. The molecule has 2 aromatic rings. The second-order valence-electron chi connectivity index (χ2n) is 8.04. The lowest BCUT2D eigenvalue weighted by Crippen LogP contribution is -2.39. The van der Waals surface area contributed by atoms with Crippen molar-refractivity contribution in [1.29, 1.82) is 0 Å². The number of aromatic nitrogens is 3. The van der Waals surface area contributed by atoms with E-state index in [1.54, 1.807) is 25.4 Å². The maximum absolute atomic E-state index is 13.1. The van der Waals surface area contributed by atoms with Gasteiger partial charge in [-0.15, -0.1) is 0 Å². The first-order chi connectivity index (χ1) is 14.0. The van der Waals surface area contributed by atoms with Crippen LogP contribution in [0, 0.1) is 0 Å². The molecule has 2 aliphatic rings. The fraction of sp³-hybridized carbons (Fsp3) is 0.524. The number of aryl methyl sites for hydroxylation is 1. The third kappa shape index (κ3) is 4.11. The van der Waals surface area contributed by atoms with Gasteiger partial charge in [0.1, 0.15) is 5.69 Å². The van der Waals surface area contributed by atoms with Crippen molar-refractivity contribution in [2.75, 3.05) is 6.54 Å². The summed E-state index contributed by atoms with van der Waals surface area (Å²) in [6.07, 6.45) is 8.66. The van der Waals surface area contributed by atoms with Gasteiger partial charge in [0.15, 0.2) is 0 Å². The molecule has 0 radical (unpaired) electrons. The Morgan fingerprint density at radius 3 is 2.66 bits per heavy atom. The SMILES string of the molecule is Cn1cc(C(=O)N2CCCC[C@H]2c2cc(C(=O)NC3CCCC3)n[nH]2)ccc1=O. The van der Waals surface area contributed by atoms with Crippen LogP contribution in [0.25, 0.3) is 0 Å². The minimum absolute atomic E-state index is 0.114. The highest BCUT2D eigenvalue weighted by atomic mass is 16.2. The van der Waals surface area contributed by atoms with E-state index in [0.717, 1.165) is 50.6 Å². The molecular formula is C21H27N5O3. The molecule has 0 spiro atoms. The van der Waals surface area contributed by atoms with Crippen molar-refractivity contribution in [3.63, 3.8) is 0 Å². The molecule has 0 aromatic carbocycles. The summed E-state index contributed by atoms with van der Waals surface area (Å²) in [6, 6.07) is 4.83. The number of hydrogen-bond donors (Lipinski definition) is 2. The van der Waals surface area contributed by atoms with Gasteiger partial charge in [0, 0.05) is 31.9 Å². The highest BCUT2D eigenvalue weighted by Crippen LogP contribution is 2.31. The van der Waals surface area contributed by atoms with Crippen LogP contribution < -0.4 is 10.9 Å². The summed E-state index contributed by atoms with van der Waals surface area (Å²) in [6.45, 7) is 0.634. The summed E-state index contributed by atoms with van der Waals surface area (Å²) in [5.41, 5.74) is 1.48. The molecule has 2 aromatic heterocycles. The molecule has 1 aliphatic carbocycles. The van der Waals surface area contributed by atoms with Gasteiger partial charge in [-0.2, -0.15) is 5.10 Å². The molecule has 2 N–H and O–H groups in total. The number of amides is 2. The van der Waals surface area contributed by atoms with Crippen LogP contribution in [0.5, 0.6) is 0 Å². The van der Waals surface area contributed by atoms with Gasteiger partial charge in [-0.3, -0.25) is 19.5 Å². The fourth-order valence-electron chi connectivity index (χ4n) is 4.34. The first kappa shape index (κ1) is 19.4. The van der Waals surface area contributed by atoms with E-state index in [2.05, 4.69) is 15.5 Å². The maximum atomic E-state index is 13.1. The average molecular weight is 397 g/mol. The third-order valence-electron chi connectivity index (χ3n) is 5.98. The first-order valence-corrected chi connectivity index (χ1v) is 10.4. The molecule has 8 nitrogen and oxygen atoms in total. The number of nitrogens with zero attached hydrogens (tertiary/aromatic N) is 3. The molecule has 3 heterocycles. The summed E-state index contributed by atoms with van der Waals surface area (Å²) in [5.74, 6) is -0.275. The molecule has 29 heavy (non-hydrogen) atoms. The molecule has 8 heteroatoms. The summed E-state index contributed by atoms with van der Waals surface area (Å²) < 4.78 is 1.41. The number of carbonyl (C=O) groups excluding carboxylic acids is 2. The van der Waals surface area contributed by atoms with Crippen LogP contribution in [-0.4, -0.2) is 44.1 Å². The van der Waals surface area contributed by atoms with Crippen LogP contribution in [0.2, 0.25) is 0 Å². The Morgan fingerprint density at radius 1 is 1.14 bits per heavy atom. The van der Waals surface area contributed by atoms with Crippen LogP contribution in [0.15, 0.2) is 29.2 Å². The normalized spacial score (nSPS) is 20.0. The standard InChI is InChI=1S/C21H27N5O3/c1-25-13-14(9-10-19(25)27)21(29)26-11-5-4-8-18(26)16-12-17(24-23-16)20(28)22-15-6-2-3-7-15/h9-10,12-13,15,18H,2-8,11H2,1H3,(H,22,28)(H,23,24)/t18-/m0/s1. The van der Waals surface area contributed by atoms with E-state index in [0.29, 0.717) is 17.8 Å². The van der Waals surface area contributed by atoms with Gasteiger partial charge in [0.2, 0.25) is 5.56 Å². The number of piperidine rings is 1. The zero-order valence-corrected chi connectivity index (χ0v) is 16.7. The monoisotopic (exact) mass is 397 g/mol. The summed E-state index contributed by atoms with van der Waals surface area (Å²) in [5, 5.41) is 10.2. The second kappa shape index (κ2) is 8.23. The van der Waals surface area contributed by atoms with Crippen LogP contribution >= 0.6 is 0 Å². The number of hydrogen-bond acceptors (Lipinski definition) is 4. The van der Waals surface area contributed by atoms with Crippen molar-refractivity contribution in [3.8, 4) is 0 Å². The molecule has 1 saturated carbocycles. The summed E-state index contributed by atoms with van der Waals surface area (Å²) in [7, 11) is 1.64. The number of nitrogens with one attached hydrogen (secondary N) is 2. The molecule has 2 fully saturated rings. The number of aromatic amines is 1. The Kier molecular flexibility index (Phi) is 5.51. The Morgan fingerprint density at radius 2 is 1.90 bits per heavy atom. The van der Waals surface area contributed by atoms with Gasteiger partial charge in [0.25, 0.3) is 11.8 Å². The zero-order valence-electron chi connectivity index (χ0n) is 16.7. The van der Waals surface area contributed by atoms with Crippen molar-refractivity contribution in [1.82, 2.24) is 25.0 Å². The summed E-state index contributed by atoms with van der Waals surface area (Å²) >= 11 is 0. The zero-order chi connectivity index (χ0) is 20.4. The van der Waals surface area contributed by atoms with Gasteiger partial charge in [0.05, 0.1) is 17.3 Å². The van der Waals surface area contributed by atoms with Crippen LogP contribution in [-0.2, 0) is 7.05 Å². The molecular weight excluding hydrogens is 370 g/mol. The topological polar surface area (TPSA) is 100 Å². The van der Waals surface area contributed by atoms with Crippen molar-refractivity contribution in [2.45, 2.75) is 57.0 Å². The van der Waals surface area contributed by atoms with Crippen LogP contribution in [0.1, 0.15) is 77.5 Å². The lowest BCUT2D eigenvalue weighted by Gasteiger charge is -2.35. The van der Waals surface area contributed by atoms with Crippen molar-refractivity contribution < 1.29 is 9.59 Å².